The Bertz CT molecular complexity index is 143. The van der Waals surface area contributed by atoms with Gasteiger partial charge in [-0.1, -0.05) is 0 Å². The van der Waals surface area contributed by atoms with Crippen LogP contribution in [0.15, 0.2) is 24.3 Å². The van der Waals surface area contributed by atoms with Gasteiger partial charge in [0.1, 0.15) is 0 Å². The van der Waals surface area contributed by atoms with Crippen LogP contribution in [0.5, 0.6) is 0 Å². The fraction of sp³-hybridized carbons (Fsp3) is 0.143. The molecular weight excluding hydrogens is 203 g/mol. The molecule has 0 unspecified atom stereocenters. The second-order valence-electron chi connectivity index (χ2n) is 1.87. The molecule has 1 aromatic carbocycles. The fourth-order valence-electron chi connectivity index (χ4n) is 0.554. The van der Waals surface area contributed by atoms with Gasteiger partial charge < -0.3 is 0 Å². The van der Waals surface area contributed by atoms with E-state index in [1.165, 1.54) is 31.7 Å². The normalized spacial score (nSPS) is 9.25. The Morgan fingerprint density at radius 3 is 2.00 bits per heavy atom. The summed E-state index contributed by atoms with van der Waals surface area (Å²) in [5.74, 6) is 0. The molecule has 8 heavy (non-hydrogen) atoms. The van der Waals surface area contributed by atoms with Crippen molar-refractivity contribution >= 4 is 26.1 Å². The minimum atomic E-state index is 1.34. The average molecular weight is 210 g/mol. The van der Waals surface area contributed by atoms with Gasteiger partial charge >= 0.3 is 62.9 Å². The van der Waals surface area contributed by atoms with Gasteiger partial charge in [-0.15, -0.1) is 0 Å². The molecule has 0 aromatic heterocycles. The molecule has 1 rings (SSSR count). The molecule has 0 aliphatic rings. The van der Waals surface area contributed by atoms with E-state index in [4.69, 9.17) is 0 Å². The first-order valence-corrected chi connectivity index (χ1v) is 4.00. The van der Waals surface area contributed by atoms with Crippen molar-refractivity contribution in [2.75, 3.05) is 0 Å². The number of hydrogen-bond donors (Lipinski definition) is 0. The van der Waals surface area contributed by atoms with Crippen LogP contribution >= 0.6 is 0 Å². The SMILES string of the molecule is Cc1cc[c]([Sn])cc1. The summed E-state index contributed by atoms with van der Waals surface area (Å²) < 4.78 is 1.42. The molecule has 1 heteroatoms. The van der Waals surface area contributed by atoms with Crippen LogP contribution in [0.3, 0.4) is 0 Å². The first-order valence-electron chi connectivity index (χ1n) is 2.57. The van der Waals surface area contributed by atoms with E-state index >= 15 is 0 Å². The Balaban J connectivity index is 3.03. The second-order valence-corrected chi connectivity index (χ2v) is 3.51. The molecule has 0 N–H and O–H groups in total. The van der Waals surface area contributed by atoms with Crippen molar-refractivity contribution in [2.24, 2.45) is 0 Å². The van der Waals surface area contributed by atoms with Crippen LogP contribution in [-0.4, -0.2) is 22.5 Å². The third-order valence-electron chi connectivity index (χ3n) is 1.05. The van der Waals surface area contributed by atoms with Gasteiger partial charge in [-0.25, -0.2) is 0 Å². The van der Waals surface area contributed by atoms with Gasteiger partial charge in [0.25, 0.3) is 0 Å². The number of benzene rings is 1. The van der Waals surface area contributed by atoms with Crippen LogP contribution in [0, 0.1) is 6.92 Å². The summed E-state index contributed by atoms with van der Waals surface area (Å²) in [7, 11) is 0. The van der Waals surface area contributed by atoms with Crippen molar-refractivity contribution in [3.8, 4) is 0 Å². The van der Waals surface area contributed by atoms with E-state index in [0.29, 0.717) is 0 Å². The topological polar surface area (TPSA) is 0 Å². The molecule has 0 atom stereocenters. The van der Waals surface area contributed by atoms with Crippen LogP contribution in [0.1, 0.15) is 5.56 Å². The molecule has 0 aliphatic heterocycles. The van der Waals surface area contributed by atoms with E-state index in [2.05, 4.69) is 31.2 Å². The fourth-order valence-corrected chi connectivity index (χ4v) is 1.03. The Labute approximate surface area is 63.0 Å². The molecule has 3 radical (unpaired) electrons. The van der Waals surface area contributed by atoms with Crippen LogP contribution in [0.25, 0.3) is 0 Å². The predicted octanol–water partition coefficient (Wildman–Crippen LogP) is 0.789. The quantitative estimate of drug-likeness (QED) is 0.555. The molecule has 0 amide bonds. The van der Waals surface area contributed by atoms with Gasteiger partial charge in [0.2, 0.25) is 0 Å². The maximum absolute atomic E-state index is 2.16. The molecule has 0 saturated carbocycles. The summed E-state index contributed by atoms with van der Waals surface area (Å²) in [4.78, 5) is 0. The summed E-state index contributed by atoms with van der Waals surface area (Å²) in [5.41, 5.74) is 1.34. The van der Waals surface area contributed by atoms with Gasteiger partial charge in [0.05, 0.1) is 0 Å². The monoisotopic (exact) mass is 211 g/mol. The Kier molecular flexibility index (Phi) is 1.95. The van der Waals surface area contributed by atoms with E-state index < -0.39 is 0 Å². The summed E-state index contributed by atoms with van der Waals surface area (Å²) >= 11 is 1.50. The van der Waals surface area contributed by atoms with E-state index in [1.54, 1.807) is 0 Å². The molecule has 0 fully saturated rings. The van der Waals surface area contributed by atoms with Gasteiger partial charge in [-0.3, -0.25) is 0 Å². The van der Waals surface area contributed by atoms with E-state index in [0.717, 1.165) is 0 Å². The molecule has 0 saturated heterocycles. The molecule has 0 heterocycles. The zero-order chi connectivity index (χ0) is 5.98. The molecule has 39 valence electrons. The first-order chi connectivity index (χ1) is 3.79. The summed E-state index contributed by atoms with van der Waals surface area (Å²) in [6, 6.07) is 8.61. The van der Waals surface area contributed by atoms with Gasteiger partial charge in [0, 0.05) is 0 Å². The molecular formula is C7H7Sn. The van der Waals surface area contributed by atoms with Gasteiger partial charge in [-0.2, -0.15) is 0 Å². The van der Waals surface area contributed by atoms with Crippen molar-refractivity contribution < 1.29 is 0 Å². The van der Waals surface area contributed by atoms with Crippen molar-refractivity contribution in [1.82, 2.24) is 0 Å². The summed E-state index contributed by atoms with van der Waals surface area (Å²) in [6.45, 7) is 2.11. The number of rotatable bonds is 0. The zero-order valence-corrected chi connectivity index (χ0v) is 7.66. The third kappa shape index (κ3) is 1.51. The standard InChI is InChI=1S/C7H7.Sn/c1-7-5-3-2-4-6-7;/h3-6H,1H3;. The zero-order valence-electron chi connectivity index (χ0n) is 4.81. The molecule has 0 aliphatic carbocycles. The Hall–Kier alpha value is 0.0187. The Morgan fingerprint density at radius 2 is 1.62 bits per heavy atom. The van der Waals surface area contributed by atoms with Gasteiger partial charge in [0.15, 0.2) is 0 Å². The van der Waals surface area contributed by atoms with Crippen LogP contribution in [0.4, 0.5) is 0 Å². The number of hydrogen-bond acceptors (Lipinski definition) is 0. The number of aryl methyl sites for hydroxylation is 1. The molecule has 0 spiro atoms. The predicted molar refractivity (Wildman–Crippen MR) is 36.6 cm³/mol. The van der Waals surface area contributed by atoms with E-state index in [9.17, 15) is 0 Å². The molecule has 0 bridgehead atoms. The van der Waals surface area contributed by atoms with Crippen LogP contribution in [-0.2, 0) is 0 Å². The second kappa shape index (κ2) is 2.53. The maximum atomic E-state index is 2.16. The van der Waals surface area contributed by atoms with Crippen molar-refractivity contribution in [1.29, 1.82) is 0 Å². The minimum absolute atomic E-state index is 1.34. The van der Waals surface area contributed by atoms with Crippen LogP contribution < -0.4 is 3.58 Å². The van der Waals surface area contributed by atoms with Crippen molar-refractivity contribution in [3.63, 3.8) is 0 Å². The summed E-state index contributed by atoms with van der Waals surface area (Å²) in [5, 5.41) is 0. The molecule has 0 nitrogen and oxygen atoms in total. The van der Waals surface area contributed by atoms with Crippen LogP contribution in [0.2, 0.25) is 0 Å². The van der Waals surface area contributed by atoms with Gasteiger partial charge in [-0.05, 0) is 0 Å². The van der Waals surface area contributed by atoms with Crippen molar-refractivity contribution in [3.05, 3.63) is 29.8 Å². The molecule has 1 aromatic rings. The Morgan fingerprint density at radius 1 is 1.12 bits per heavy atom. The average Bonchev–Trinajstić information content (AvgIpc) is 1.77. The third-order valence-corrected chi connectivity index (χ3v) is 2.00. The van der Waals surface area contributed by atoms with E-state index in [-0.39, 0.29) is 0 Å². The first kappa shape index (κ1) is 6.14. The van der Waals surface area contributed by atoms with Crippen molar-refractivity contribution in [2.45, 2.75) is 6.92 Å². The summed E-state index contributed by atoms with van der Waals surface area (Å²) in [6.07, 6.45) is 0. The van der Waals surface area contributed by atoms with E-state index in [1.807, 2.05) is 0 Å².